The molecule has 0 spiro atoms. The normalized spacial score (nSPS) is 10.5. The van der Waals surface area contributed by atoms with E-state index in [2.05, 4.69) is 41.4 Å². The Kier molecular flexibility index (Phi) is 3.25. The van der Waals surface area contributed by atoms with E-state index in [1.807, 2.05) is 14.0 Å². The predicted molar refractivity (Wildman–Crippen MR) is 55.9 cm³/mol. The van der Waals surface area contributed by atoms with Gasteiger partial charge in [-0.15, -0.1) is 0 Å². The van der Waals surface area contributed by atoms with Crippen molar-refractivity contribution in [3.8, 4) is 0 Å². The molecule has 0 fully saturated rings. The van der Waals surface area contributed by atoms with Crippen LogP contribution in [-0.2, 0) is 6.54 Å². The summed E-state index contributed by atoms with van der Waals surface area (Å²) in [5, 5.41) is 3.05. The van der Waals surface area contributed by atoms with Crippen LogP contribution in [0.25, 0.3) is 0 Å². The van der Waals surface area contributed by atoms with Crippen LogP contribution in [0.5, 0.6) is 0 Å². The summed E-state index contributed by atoms with van der Waals surface area (Å²) >= 11 is 0. The highest BCUT2D eigenvalue weighted by atomic mass is 15.1. The van der Waals surface area contributed by atoms with Crippen LogP contribution >= 0.6 is 0 Å². The Hall–Kier alpha value is -1.09. The summed E-state index contributed by atoms with van der Waals surface area (Å²) < 4.78 is 0. The molecule has 1 N–H and O–H groups in total. The summed E-state index contributed by atoms with van der Waals surface area (Å²) in [7, 11) is 6.02. The van der Waals surface area contributed by atoms with Crippen LogP contribution in [0.1, 0.15) is 11.3 Å². The Morgan fingerprint density at radius 2 is 2.08 bits per heavy atom. The van der Waals surface area contributed by atoms with Crippen molar-refractivity contribution in [1.82, 2.24) is 9.88 Å². The molecule has 13 heavy (non-hydrogen) atoms. The van der Waals surface area contributed by atoms with Gasteiger partial charge in [0.25, 0.3) is 0 Å². The molecule has 0 saturated heterocycles. The first-order valence-electron chi connectivity index (χ1n) is 4.42. The molecule has 0 radical (unpaired) electrons. The molecule has 1 aromatic rings. The molecule has 0 aliphatic rings. The molecule has 0 amide bonds. The van der Waals surface area contributed by atoms with Crippen molar-refractivity contribution in [1.29, 1.82) is 0 Å². The van der Waals surface area contributed by atoms with E-state index >= 15 is 0 Å². The SMILES string of the molecule is CNc1cc(CN(C)C)cc(C)n1. The maximum Gasteiger partial charge on any atom is 0.126 e. The Bertz CT molecular complexity index is 281. The maximum absolute atomic E-state index is 4.33. The summed E-state index contributed by atoms with van der Waals surface area (Å²) in [5.74, 6) is 0.942. The van der Waals surface area contributed by atoms with Crippen molar-refractivity contribution >= 4 is 5.82 Å². The van der Waals surface area contributed by atoms with E-state index in [-0.39, 0.29) is 0 Å². The van der Waals surface area contributed by atoms with Gasteiger partial charge in [-0.25, -0.2) is 4.98 Å². The highest BCUT2D eigenvalue weighted by molar-refractivity contribution is 5.38. The largest absolute Gasteiger partial charge is 0.373 e. The molecule has 0 aliphatic heterocycles. The number of aryl methyl sites for hydroxylation is 1. The first kappa shape index (κ1) is 9.99. The van der Waals surface area contributed by atoms with Gasteiger partial charge >= 0.3 is 0 Å². The van der Waals surface area contributed by atoms with Crippen LogP contribution in [0.3, 0.4) is 0 Å². The number of aromatic nitrogens is 1. The second-order valence-corrected chi connectivity index (χ2v) is 3.49. The fourth-order valence-electron chi connectivity index (χ4n) is 1.32. The molecule has 1 rings (SSSR count). The van der Waals surface area contributed by atoms with Gasteiger partial charge in [0.05, 0.1) is 0 Å². The average Bonchev–Trinajstić information content (AvgIpc) is 2.01. The van der Waals surface area contributed by atoms with E-state index in [1.165, 1.54) is 5.56 Å². The molecule has 0 aliphatic carbocycles. The molecular weight excluding hydrogens is 162 g/mol. The van der Waals surface area contributed by atoms with E-state index < -0.39 is 0 Å². The topological polar surface area (TPSA) is 28.2 Å². The second-order valence-electron chi connectivity index (χ2n) is 3.49. The molecule has 0 aromatic carbocycles. The van der Waals surface area contributed by atoms with Gasteiger partial charge in [0.15, 0.2) is 0 Å². The van der Waals surface area contributed by atoms with E-state index in [0.717, 1.165) is 18.1 Å². The molecule has 3 nitrogen and oxygen atoms in total. The fourth-order valence-corrected chi connectivity index (χ4v) is 1.32. The number of hydrogen-bond donors (Lipinski definition) is 1. The lowest BCUT2D eigenvalue weighted by Gasteiger charge is -2.11. The Balaban J connectivity index is 2.88. The van der Waals surface area contributed by atoms with Gasteiger partial charge < -0.3 is 10.2 Å². The minimum Gasteiger partial charge on any atom is -0.373 e. The zero-order valence-electron chi connectivity index (χ0n) is 8.76. The number of nitrogens with zero attached hydrogens (tertiary/aromatic N) is 2. The standard InChI is InChI=1S/C10H17N3/c1-8-5-9(7-13(3)4)6-10(11-2)12-8/h5-6H,7H2,1-4H3,(H,11,12). The monoisotopic (exact) mass is 179 g/mol. The lowest BCUT2D eigenvalue weighted by Crippen LogP contribution is -2.11. The first-order valence-corrected chi connectivity index (χ1v) is 4.42. The smallest absolute Gasteiger partial charge is 0.126 e. The quantitative estimate of drug-likeness (QED) is 0.762. The van der Waals surface area contributed by atoms with Crippen LogP contribution in [0.4, 0.5) is 5.82 Å². The third-order valence-corrected chi connectivity index (χ3v) is 1.77. The zero-order chi connectivity index (χ0) is 9.84. The van der Waals surface area contributed by atoms with Crippen LogP contribution in [0, 0.1) is 6.92 Å². The molecule has 1 heterocycles. The lowest BCUT2D eigenvalue weighted by molar-refractivity contribution is 0.402. The Labute approximate surface area is 79.8 Å². The van der Waals surface area contributed by atoms with Gasteiger partial charge in [0.1, 0.15) is 5.82 Å². The van der Waals surface area contributed by atoms with Gasteiger partial charge in [-0.3, -0.25) is 0 Å². The third kappa shape index (κ3) is 3.03. The summed E-state index contributed by atoms with van der Waals surface area (Å²) in [6.07, 6.45) is 0. The van der Waals surface area contributed by atoms with Gasteiger partial charge in [-0.2, -0.15) is 0 Å². The van der Waals surface area contributed by atoms with E-state index in [1.54, 1.807) is 0 Å². The predicted octanol–water partition coefficient (Wildman–Crippen LogP) is 1.49. The third-order valence-electron chi connectivity index (χ3n) is 1.77. The van der Waals surface area contributed by atoms with E-state index in [4.69, 9.17) is 0 Å². The Morgan fingerprint density at radius 1 is 1.38 bits per heavy atom. The fraction of sp³-hybridized carbons (Fsp3) is 0.500. The first-order chi connectivity index (χ1) is 6.11. The van der Waals surface area contributed by atoms with Crippen LogP contribution < -0.4 is 5.32 Å². The maximum atomic E-state index is 4.33. The van der Waals surface area contributed by atoms with E-state index in [0.29, 0.717) is 0 Å². The summed E-state index contributed by atoms with van der Waals surface area (Å²) in [4.78, 5) is 6.48. The van der Waals surface area contributed by atoms with Crippen molar-refractivity contribution in [2.45, 2.75) is 13.5 Å². The summed E-state index contributed by atoms with van der Waals surface area (Å²) in [5.41, 5.74) is 2.35. The molecular formula is C10H17N3. The molecule has 3 heteroatoms. The van der Waals surface area contributed by atoms with Crippen LogP contribution in [0.15, 0.2) is 12.1 Å². The number of nitrogens with one attached hydrogen (secondary N) is 1. The van der Waals surface area contributed by atoms with E-state index in [9.17, 15) is 0 Å². The van der Waals surface area contributed by atoms with Gasteiger partial charge in [0.2, 0.25) is 0 Å². The molecule has 0 bridgehead atoms. The van der Waals surface area contributed by atoms with Crippen molar-refractivity contribution < 1.29 is 0 Å². The van der Waals surface area contributed by atoms with Crippen molar-refractivity contribution in [3.63, 3.8) is 0 Å². The van der Waals surface area contributed by atoms with Crippen molar-refractivity contribution in [2.75, 3.05) is 26.5 Å². The summed E-state index contributed by atoms with van der Waals surface area (Å²) in [6, 6.07) is 4.19. The second kappa shape index (κ2) is 4.23. The zero-order valence-corrected chi connectivity index (χ0v) is 8.76. The summed E-state index contributed by atoms with van der Waals surface area (Å²) in [6.45, 7) is 2.97. The van der Waals surface area contributed by atoms with Crippen molar-refractivity contribution in [2.24, 2.45) is 0 Å². The molecule has 0 atom stereocenters. The van der Waals surface area contributed by atoms with Crippen LogP contribution in [0.2, 0.25) is 0 Å². The lowest BCUT2D eigenvalue weighted by atomic mass is 10.2. The van der Waals surface area contributed by atoms with Gasteiger partial charge in [-0.05, 0) is 38.7 Å². The number of hydrogen-bond acceptors (Lipinski definition) is 3. The molecule has 72 valence electrons. The number of anilines is 1. The van der Waals surface area contributed by atoms with Crippen LogP contribution in [-0.4, -0.2) is 31.0 Å². The average molecular weight is 179 g/mol. The van der Waals surface area contributed by atoms with Gasteiger partial charge in [0, 0.05) is 19.3 Å². The minimum absolute atomic E-state index is 0.942. The number of rotatable bonds is 3. The molecule has 0 saturated carbocycles. The minimum atomic E-state index is 0.942. The Morgan fingerprint density at radius 3 is 2.62 bits per heavy atom. The van der Waals surface area contributed by atoms with Gasteiger partial charge in [-0.1, -0.05) is 0 Å². The number of pyridine rings is 1. The highest BCUT2D eigenvalue weighted by Crippen LogP contribution is 2.10. The van der Waals surface area contributed by atoms with Crippen molar-refractivity contribution in [3.05, 3.63) is 23.4 Å². The highest BCUT2D eigenvalue weighted by Gasteiger charge is 1.99. The molecule has 1 aromatic heterocycles. The molecule has 0 unspecified atom stereocenters.